The number of carbonyl (C=O) groups excluding carboxylic acids is 2. The van der Waals surface area contributed by atoms with Gasteiger partial charge in [0.05, 0.1) is 36.1 Å². The topological polar surface area (TPSA) is 135 Å². The van der Waals surface area contributed by atoms with Crippen molar-refractivity contribution < 1.29 is 28.4 Å². The van der Waals surface area contributed by atoms with Crippen molar-refractivity contribution in [3.8, 4) is 5.75 Å². The van der Waals surface area contributed by atoms with Crippen molar-refractivity contribution in [1.82, 2.24) is 15.3 Å². The molecule has 12 heteroatoms. The molecule has 10 nitrogen and oxygen atoms in total. The molecule has 0 unspecified atom stereocenters. The molecule has 1 aromatic heterocycles. The number of ether oxygens (including phenoxy) is 2. The minimum Gasteiger partial charge on any atom is -0.493 e. The fourth-order valence-electron chi connectivity index (χ4n) is 3.92. The fourth-order valence-corrected chi connectivity index (χ4v) is 4.15. The van der Waals surface area contributed by atoms with Crippen molar-refractivity contribution in [3.05, 3.63) is 52.6 Å². The van der Waals surface area contributed by atoms with Crippen LogP contribution in [0.2, 0.25) is 5.02 Å². The first-order chi connectivity index (χ1) is 17.4. The van der Waals surface area contributed by atoms with Crippen molar-refractivity contribution in [3.63, 3.8) is 0 Å². The molecule has 0 bridgehead atoms. The summed E-state index contributed by atoms with van der Waals surface area (Å²) < 4.78 is 23.7. The first-order valence-electron chi connectivity index (χ1n) is 12.0. The molecular formula is C25H34BClN4O6. The number of nitrogens with two attached hydrogens (primary N) is 1. The van der Waals surface area contributed by atoms with Gasteiger partial charge in [0.2, 0.25) is 5.91 Å². The van der Waals surface area contributed by atoms with Gasteiger partial charge >= 0.3 is 7.12 Å². The largest absolute Gasteiger partial charge is 0.493 e. The highest BCUT2D eigenvalue weighted by Crippen LogP contribution is 2.38. The van der Waals surface area contributed by atoms with Crippen LogP contribution in [0, 0.1) is 6.92 Å². The summed E-state index contributed by atoms with van der Waals surface area (Å²) in [4.78, 5) is 33.7. The maximum atomic E-state index is 13.5. The number of primary amides is 1. The van der Waals surface area contributed by atoms with E-state index < -0.39 is 42.0 Å². The van der Waals surface area contributed by atoms with Gasteiger partial charge in [0, 0.05) is 30.9 Å². The number of nitrogens with zero attached hydrogens (tertiary/aromatic N) is 2. The third-order valence-electron chi connectivity index (χ3n) is 6.69. The lowest BCUT2D eigenvalue weighted by molar-refractivity contribution is -0.124. The number of aryl methyl sites for hydroxylation is 1. The predicted octanol–water partition coefficient (Wildman–Crippen LogP) is 2.85. The molecule has 2 heterocycles. The van der Waals surface area contributed by atoms with Crippen LogP contribution >= 0.6 is 11.6 Å². The smallest absolute Gasteiger partial charge is 0.481 e. The summed E-state index contributed by atoms with van der Waals surface area (Å²) in [6, 6.07) is 5.37. The van der Waals surface area contributed by atoms with E-state index in [1.165, 1.54) is 19.5 Å². The second kappa shape index (κ2) is 11.8. The lowest BCUT2D eigenvalue weighted by atomic mass is 9.76. The molecule has 200 valence electrons. The van der Waals surface area contributed by atoms with Crippen molar-refractivity contribution in [1.29, 1.82) is 0 Å². The zero-order valence-corrected chi connectivity index (χ0v) is 22.8. The zero-order valence-electron chi connectivity index (χ0n) is 22.0. The number of aromatic nitrogens is 2. The van der Waals surface area contributed by atoms with Crippen LogP contribution in [0.3, 0.4) is 0 Å². The Morgan fingerprint density at radius 3 is 2.41 bits per heavy atom. The maximum Gasteiger partial charge on any atom is 0.481 e. The van der Waals surface area contributed by atoms with Gasteiger partial charge in [-0.3, -0.25) is 14.6 Å². The Labute approximate surface area is 222 Å². The number of amides is 2. The van der Waals surface area contributed by atoms with E-state index in [4.69, 9.17) is 36.1 Å². The Balaban J connectivity index is 1.83. The van der Waals surface area contributed by atoms with E-state index in [0.29, 0.717) is 17.2 Å². The highest BCUT2D eigenvalue weighted by molar-refractivity contribution is 6.48. The van der Waals surface area contributed by atoms with Crippen LogP contribution in [0.1, 0.15) is 61.8 Å². The van der Waals surface area contributed by atoms with Crippen LogP contribution in [-0.4, -0.2) is 66.4 Å². The number of hydrogen-bond donors (Lipinski definition) is 2. The molecule has 1 fully saturated rings. The minimum atomic E-state index is -0.939. The maximum absolute atomic E-state index is 13.5. The van der Waals surface area contributed by atoms with E-state index in [-0.39, 0.29) is 24.6 Å². The lowest BCUT2D eigenvalue weighted by Gasteiger charge is -2.32. The molecule has 37 heavy (non-hydrogen) atoms. The molecule has 2 atom stereocenters. The van der Waals surface area contributed by atoms with Gasteiger partial charge in [-0.2, -0.15) is 0 Å². The van der Waals surface area contributed by atoms with E-state index in [0.717, 1.165) is 5.56 Å². The summed E-state index contributed by atoms with van der Waals surface area (Å²) in [6.07, 6.45) is 3.10. The number of benzene rings is 1. The normalized spacial score (nSPS) is 17.8. The Morgan fingerprint density at radius 2 is 1.81 bits per heavy atom. The Bertz CT molecular complexity index is 1120. The molecule has 2 aromatic rings. The SMILES string of the molecule is COC[C@H](C(=O)N[C@@H](CCOc1ccc(Cl)cc1C)B1OC(C)(C)C(C)(C)O1)c1nccnc1C(N)=O. The quantitative estimate of drug-likeness (QED) is 0.422. The molecular weight excluding hydrogens is 499 g/mol. The Hall–Kier alpha value is -2.73. The fraction of sp³-hybridized carbons (Fsp3) is 0.520. The number of nitrogens with one attached hydrogen (secondary N) is 1. The standard InChI is InChI=1S/C25H34BClN4O6/c1-15-13-16(27)7-8-18(15)35-12-9-19(26-36-24(2,3)25(4,5)37-26)31-23(33)17(14-34-6)20-21(22(28)32)30-11-10-29-20/h7-8,10-11,13,17,19H,9,12,14H2,1-6H3,(H2,28,32)(H,31,33)/t17-,19-/m0/s1. The van der Waals surface area contributed by atoms with Gasteiger partial charge in [0.25, 0.3) is 5.91 Å². The van der Waals surface area contributed by atoms with E-state index >= 15 is 0 Å². The number of methoxy groups -OCH3 is 1. The van der Waals surface area contributed by atoms with Gasteiger partial charge in [-0.05, 0) is 58.4 Å². The van der Waals surface area contributed by atoms with Crippen LogP contribution in [0.5, 0.6) is 5.75 Å². The van der Waals surface area contributed by atoms with Crippen LogP contribution in [-0.2, 0) is 18.8 Å². The van der Waals surface area contributed by atoms with E-state index in [9.17, 15) is 9.59 Å². The third-order valence-corrected chi connectivity index (χ3v) is 6.93. The molecule has 3 rings (SSSR count). The summed E-state index contributed by atoms with van der Waals surface area (Å²) in [7, 11) is 0.707. The third kappa shape index (κ3) is 6.78. The molecule has 1 saturated heterocycles. The minimum absolute atomic E-state index is 0.0403. The van der Waals surface area contributed by atoms with E-state index in [1.807, 2.05) is 40.7 Å². The van der Waals surface area contributed by atoms with Crippen LogP contribution in [0.25, 0.3) is 0 Å². The van der Waals surface area contributed by atoms with Crippen LogP contribution in [0.15, 0.2) is 30.6 Å². The van der Waals surface area contributed by atoms with Crippen LogP contribution in [0.4, 0.5) is 0 Å². The van der Waals surface area contributed by atoms with Crippen LogP contribution < -0.4 is 15.8 Å². The molecule has 0 aliphatic carbocycles. The predicted molar refractivity (Wildman–Crippen MR) is 139 cm³/mol. The molecule has 3 N–H and O–H groups in total. The van der Waals surface area contributed by atoms with Crippen molar-refractivity contribution in [2.75, 3.05) is 20.3 Å². The number of carbonyl (C=O) groups is 2. The first kappa shape index (κ1) is 28.8. The monoisotopic (exact) mass is 532 g/mol. The second-order valence-corrected chi connectivity index (χ2v) is 10.4. The lowest BCUT2D eigenvalue weighted by Crippen LogP contribution is -2.50. The van der Waals surface area contributed by atoms with Crippen molar-refractivity contribution >= 4 is 30.5 Å². The van der Waals surface area contributed by atoms with E-state index in [2.05, 4.69) is 15.3 Å². The highest BCUT2D eigenvalue weighted by atomic mass is 35.5. The molecule has 0 spiro atoms. The summed E-state index contributed by atoms with van der Waals surface area (Å²) in [5.74, 6) is -2.07. The number of rotatable bonds is 11. The summed E-state index contributed by atoms with van der Waals surface area (Å²) in [6.45, 7) is 9.88. The highest BCUT2D eigenvalue weighted by Gasteiger charge is 2.54. The van der Waals surface area contributed by atoms with Gasteiger partial charge in [-0.1, -0.05) is 11.6 Å². The number of hydrogen-bond acceptors (Lipinski definition) is 8. The van der Waals surface area contributed by atoms with Gasteiger partial charge in [0.15, 0.2) is 0 Å². The van der Waals surface area contributed by atoms with Gasteiger partial charge in [0.1, 0.15) is 17.4 Å². The van der Waals surface area contributed by atoms with E-state index in [1.54, 1.807) is 12.1 Å². The average Bonchev–Trinajstić information content (AvgIpc) is 3.04. The first-order valence-corrected chi connectivity index (χ1v) is 12.4. The zero-order chi connectivity index (χ0) is 27.4. The molecule has 1 aromatic carbocycles. The molecule has 1 aliphatic rings. The number of halogens is 1. The molecule has 1 aliphatic heterocycles. The van der Waals surface area contributed by atoms with Gasteiger partial charge in [-0.25, -0.2) is 4.98 Å². The average molecular weight is 533 g/mol. The summed E-state index contributed by atoms with van der Waals surface area (Å²) in [5, 5.41) is 3.63. The van der Waals surface area contributed by atoms with Gasteiger partial charge in [-0.15, -0.1) is 0 Å². The molecule has 0 saturated carbocycles. The molecule has 2 amide bonds. The van der Waals surface area contributed by atoms with Crippen molar-refractivity contribution in [2.24, 2.45) is 5.73 Å². The molecule has 0 radical (unpaired) electrons. The van der Waals surface area contributed by atoms with Crippen molar-refractivity contribution in [2.45, 2.75) is 64.1 Å². The van der Waals surface area contributed by atoms with Gasteiger partial charge < -0.3 is 29.8 Å². The Morgan fingerprint density at radius 1 is 1.16 bits per heavy atom. The second-order valence-electron chi connectivity index (χ2n) is 9.95. The Kier molecular flexibility index (Phi) is 9.17. The summed E-state index contributed by atoms with van der Waals surface area (Å²) in [5.41, 5.74) is 5.20. The summed E-state index contributed by atoms with van der Waals surface area (Å²) >= 11 is 6.05.